The third kappa shape index (κ3) is 2.48. The van der Waals surface area contributed by atoms with Gasteiger partial charge in [-0.1, -0.05) is 16.5 Å². The van der Waals surface area contributed by atoms with Crippen LogP contribution >= 0.6 is 22.9 Å². The van der Waals surface area contributed by atoms with Crippen molar-refractivity contribution in [2.24, 2.45) is 0 Å². The lowest BCUT2D eigenvalue weighted by Gasteiger charge is -1.96. The number of carbonyl (C=O) groups excluding carboxylic acids is 1. The molecule has 0 unspecified atom stereocenters. The molecule has 0 aliphatic carbocycles. The molecule has 2 aromatic heterocycles. The molecule has 15 heavy (non-hydrogen) atoms. The van der Waals surface area contributed by atoms with Crippen molar-refractivity contribution < 1.29 is 9.32 Å². The Kier molecular flexibility index (Phi) is 2.88. The van der Waals surface area contributed by atoms with E-state index in [4.69, 9.17) is 11.6 Å². The van der Waals surface area contributed by atoms with Crippen molar-refractivity contribution in [2.45, 2.75) is 6.54 Å². The minimum absolute atomic E-state index is 0.173. The Bertz CT molecular complexity index is 456. The van der Waals surface area contributed by atoms with Gasteiger partial charge in [-0.3, -0.25) is 4.79 Å². The predicted octanol–water partition coefficient (Wildman–Crippen LogP) is 0.504. The Labute approximate surface area is 92.5 Å². The highest BCUT2D eigenvalue weighted by Crippen LogP contribution is 2.14. The quantitative estimate of drug-likeness (QED) is 0.847. The smallest absolute Gasteiger partial charge is 0.282 e. The molecular formula is C6H4ClN5O2S. The zero-order chi connectivity index (χ0) is 10.7. The highest BCUT2D eigenvalue weighted by molar-refractivity contribution is 7.17. The van der Waals surface area contributed by atoms with E-state index in [0.717, 1.165) is 11.3 Å². The van der Waals surface area contributed by atoms with E-state index in [1.165, 1.54) is 6.39 Å². The van der Waals surface area contributed by atoms with Gasteiger partial charge < -0.3 is 9.84 Å². The van der Waals surface area contributed by atoms with E-state index in [2.05, 4.69) is 30.2 Å². The molecular weight excluding hydrogens is 242 g/mol. The molecule has 0 saturated heterocycles. The maximum absolute atomic E-state index is 11.4. The van der Waals surface area contributed by atoms with Crippen LogP contribution in [0.2, 0.25) is 4.47 Å². The van der Waals surface area contributed by atoms with E-state index in [9.17, 15) is 4.79 Å². The zero-order valence-corrected chi connectivity index (χ0v) is 8.75. The number of rotatable bonds is 3. The lowest BCUT2D eigenvalue weighted by atomic mass is 10.5. The largest absolute Gasteiger partial charge is 0.343 e. The van der Waals surface area contributed by atoms with Gasteiger partial charge >= 0.3 is 0 Å². The van der Waals surface area contributed by atoms with Gasteiger partial charge in [0.2, 0.25) is 15.9 Å². The predicted molar refractivity (Wildman–Crippen MR) is 50.4 cm³/mol. The first-order valence-electron chi connectivity index (χ1n) is 3.78. The van der Waals surface area contributed by atoms with Gasteiger partial charge in [0.05, 0.1) is 6.54 Å². The summed E-state index contributed by atoms with van der Waals surface area (Å²) in [6, 6.07) is 0. The van der Waals surface area contributed by atoms with Gasteiger partial charge in [-0.25, -0.2) is 0 Å². The SMILES string of the molecule is O=C(NCc1ncon1)c1nnc(Cl)s1. The average molecular weight is 246 g/mol. The van der Waals surface area contributed by atoms with Gasteiger partial charge in [0.1, 0.15) is 0 Å². The van der Waals surface area contributed by atoms with Crippen LogP contribution in [0.4, 0.5) is 0 Å². The Balaban J connectivity index is 1.93. The second-order valence-electron chi connectivity index (χ2n) is 2.39. The first-order chi connectivity index (χ1) is 7.25. The van der Waals surface area contributed by atoms with Gasteiger partial charge in [-0.15, -0.1) is 10.2 Å². The standard InChI is InChI=1S/C6H4ClN5O2S/c7-6-11-10-5(15-6)4(13)8-1-3-9-2-14-12-3/h2H,1H2,(H,8,13). The highest BCUT2D eigenvalue weighted by atomic mass is 35.5. The van der Waals surface area contributed by atoms with Gasteiger partial charge in [-0.2, -0.15) is 4.98 Å². The lowest BCUT2D eigenvalue weighted by molar-refractivity contribution is 0.0948. The Morgan fingerprint density at radius 2 is 2.47 bits per heavy atom. The molecule has 0 saturated carbocycles. The zero-order valence-electron chi connectivity index (χ0n) is 7.18. The topological polar surface area (TPSA) is 93.8 Å². The van der Waals surface area contributed by atoms with Crippen molar-refractivity contribution in [2.75, 3.05) is 0 Å². The molecule has 0 fully saturated rings. The van der Waals surface area contributed by atoms with Crippen molar-refractivity contribution in [3.05, 3.63) is 21.7 Å². The Hall–Kier alpha value is -1.54. The molecule has 0 aliphatic heterocycles. The lowest BCUT2D eigenvalue weighted by Crippen LogP contribution is -2.23. The second-order valence-corrected chi connectivity index (χ2v) is 3.95. The van der Waals surface area contributed by atoms with E-state index in [1.54, 1.807) is 0 Å². The van der Waals surface area contributed by atoms with Crippen molar-refractivity contribution in [3.8, 4) is 0 Å². The summed E-state index contributed by atoms with van der Waals surface area (Å²) in [7, 11) is 0. The van der Waals surface area contributed by atoms with Crippen LogP contribution in [0.3, 0.4) is 0 Å². The molecule has 0 spiro atoms. The maximum atomic E-state index is 11.4. The van der Waals surface area contributed by atoms with Gasteiger partial charge in [0, 0.05) is 0 Å². The Morgan fingerprint density at radius 1 is 1.60 bits per heavy atom. The summed E-state index contributed by atoms with van der Waals surface area (Å²) >= 11 is 6.53. The normalized spacial score (nSPS) is 10.2. The van der Waals surface area contributed by atoms with Crippen molar-refractivity contribution in [1.29, 1.82) is 0 Å². The summed E-state index contributed by atoms with van der Waals surface area (Å²) < 4.78 is 4.72. The number of hydrogen-bond donors (Lipinski definition) is 1. The molecule has 2 heterocycles. The molecule has 0 bridgehead atoms. The van der Waals surface area contributed by atoms with Crippen LogP contribution in [0.5, 0.6) is 0 Å². The van der Waals surface area contributed by atoms with Crippen LogP contribution in [0, 0.1) is 0 Å². The van der Waals surface area contributed by atoms with Gasteiger partial charge in [-0.05, 0) is 11.6 Å². The number of hydrogen-bond acceptors (Lipinski definition) is 7. The third-order valence-electron chi connectivity index (χ3n) is 1.41. The number of amides is 1. The first kappa shape index (κ1) is 9.99. The molecule has 0 aromatic carbocycles. The molecule has 2 rings (SSSR count). The molecule has 1 amide bonds. The van der Waals surface area contributed by atoms with Crippen LogP contribution in [0.15, 0.2) is 10.9 Å². The first-order valence-corrected chi connectivity index (χ1v) is 4.97. The summed E-state index contributed by atoms with van der Waals surface area (Å²) in [5, 5.41) is 13.3. The molecule has 1 N–H and O–H groups in total. The van der Waals surface area contributed by atoms with E-state index >= 15 is 0 Å². The molecule has 78 valence electrons. The van der Waals surface area contributed by atoms with Crippen LogP contribution in [0.1, 0.15) is 15.6 Å². The van der Waals surface area contributed by atoms with Crippen LogP contribution in [-0.2, 0) is 6.54 Å². The van der Waals surface area contributed by atoms with Crippen LogP contribution in [-0.4, -0.2) is 26.2 Å². The van der Waals surface area contributed by atoms with E-state index in [1.807, 2.05) is 0 Å². The Morgan fingerprint density at radius 3 is 3.07 bits per heavy atom. The van der Waals surface area contributed by atoms with Gasteiger partial charge in [0.15, 0.2) is 5.82 Å². The highest BCUT2D eigenvalue weighted by Gasteiger charge is 2.12. The maximum Gasteiger partial charge on any atom is 0.282 e. The van der Waals surface area contributed by atoms with E-state index < -0.39 is 0 Å². The summed E-state index contributed by atoms with van der Waals surface area (Å²) in [6.45, 7) is 0.173. The molecule has 2 aromatic rings. The fraction of sp³-hybridized carbons (Fsp3) is 0.167. The summed E-state index contributed by atoms with van der Waals surface area (Å²) in [5.41, 5.74) is 0. The minimum atomic E-state index is -0.371. The second kappa shape index (κ2) is 4.32. The summed E-state index contributed by atoms with van der Waals surface area (Å²) in [6.07, 6.45) is 1.18. The average Bonchev–Trinajstić information content (AvgIpc) is 2.84. The van der Waals surface area contributed by atoms with Crippen molar-refractivity contribution >= 4 is 28.8 Å². The molecule has 7 nitrogen and oxygen atoms in total. The molecule has 0 radical (unpaired) electrons. The fourth-order valence-electron chi connectivity index (χ4n) is 0.802. The fourth-order valence-corrected chi connectivity index (χ4v) is 1.55. The molecule has 9 heteroatoms. The van der Waals surface area contributed by atoms with E-state index in [0.29, 0.717) is 5.82 Å². The summed E-state index contributed by atoms with van der Waals surface area (Å²) in [4.78, 5) is 15.1. The number of aromatic nitrogens is 4. The van der Waals surface area contributed by atoms with Crippen molar-refractivity contribution in [3.63, 3.8) is 0 Å². The number of halogens is 1. The molecule has 0 atom stereocenters. The third-order valence-corrected chi connectivity index (χ3v) is 2.43. The van der Waals surface area contributed by atoms with Gasteiger partial charge in [0.25, 0.3) is 5.91 Å². The van der Waals surface area contributed by atoms with E-state index in [-0.39, 0.29) is 21.9 Å². The van der Waals surface area contributed by atoms with Crippen LogP contribution < -0.4 is 5.32 Å². The monoisotopic (exact) mass is 245 g/mol. The minimum Gasteiger partial charge on any atom is -0.343 e. The molecule has 0 aliphatic rings. The van der Waals surface area contributed by atoms with Crippen molar-refractivity contribution in [1.82, 2.24) is 25.7 Å². The summed E-state index contributed by atoms with van der Waals surface area (Å²) in [5.74, 6) is 0.0168. The van der Waals surface area contributed by atoms with Crippen LogP contribution in [0.25, 0.3) is 0 Å². The number of carbonyl (C=O) groups is 1. The number of nitrogens with zero attached hydrogens (tertiary/aromatic N) is 4. The number of nitrogens with one attached hydrogen (secondary N) is 1.